The third-order valence-electron chi connectivity index (χ3n) is 1.88. The van der Waals surface area contributed by atoms with Crippen LogP contribution in [0.4, 0.5) is 8.78 Å². The Hall–Kier alpha value is -0.750. The summed E-state index contributed by atoms with van der Waals surface area (Å²) in [6.45, 7) is 1.88. The molecule has 0 radical (unpaired) electrons. The highest BCUT2D eigenvalue weighted by Gasteiger charge is 2.19. The Balaban J connectivity index is 3.03. The summed E-state index contributed by atoms with van der Waals surface area (Å²) >= 11 is 8.60. The Morgan fingerprint density at radius 1 is 1.65 bits per heavy atom. The minimum absolute atomic E-state index is 0.0807. The third kappa shape index (κ3) is 3.89. The molecule has 0 bridgehead atoms. The van der Waals surface area contributed by atoms with E-state index in [1.54, 1.807) is 6.92 Å². The van der Waals surface area contributed by atoms with E-state index >= 15 is 0 Å². The molecular formula is C10H9BrClF2NO2. The number of carbonyl (C=O) groups is 1. The maximum Gasteiger partial charge on any atom is 0.311 e. The van der Waals surface area contributed by atoms with Crippen LogP contribution < -0.4 is 0 Å². The van der Waals surface area contributed by atoms with Gasteiger partial charge in [-0.2, -0.15) is 0 Å². The predicted octanol–water partition coefficient (Wildman–Crippen LogP) is 3.54. The fourth-order valence-electron chi connectivity index (χ4n) is 1.19. The first-order valence-electron chi connectivity index (χ1n) is 4.74. The van der Waals surface area contributed by atoms with Crippen molar-refractivity contribution in [3.05, 3.63) is 26.9 Å². The van der Waals surface area contributed by atoms with Gasteiger partial charge >= 0.3 is 5.97 Å². The number of rotatable bonds is 4. The molecule has 94 valence electrons. The largest absolute Gasteiger partial charge is 0.466 e. The number of alkyl halides is 2. The number of pyridine rings is 1. The number of halogens is 4. The molecule has 0 saturated carbocycles. The number of hydrogen-bond donors (Lipinski definition) is 0. The normalized spacial score (nSPS) is 10.7. The van der Waals surface area contributed by atoms with Gasteiger partial charge in [0.1, 0.15) is 5.15 Å². The average molecular weight is 329 g/mol. The van der Waals surface area contributed by atoms with Crippen molar-refractivity contribution in [1.29, 1.82) is 0 Å². The molecule has 0 fully saturated rings. The summed E-state index contributed by atoms with van der Waals surface area (Å²) in [6, 6.07) is 1.06. The maximum absolute atomic E-state index is 12.6. The fraction of sp³-hybridized carbons (Fsp3) is 0.400. The van der Waals surface area contributed by atoms with E-state index in [1.807, 2.05) is 0 Å². The van der Waals surface area contributed by atoms with Crippen LogP contribution in [0.5, 0.6) is 0 Å². The quantitative estimate of drug-likeness (QED) is 0.627. The molecule has 0 unspecified atom stereocenters. The molecule has 1 heterocycles. The SMILES string of the molecule is CCOC(=O)Cc1nc(Cl)cc(C(F)F)c1Br. The van der Waals surface area contributed by atoms with Gasteiger partial charge < -0.3 is 4.74 Å². The molecule has 1 rings (SSSR count). The second-order valence-electron chi connectivity index (χ2n) is 3.08. The van der Waals surface area contributed by atoms with E-state index in [9.17, 15) is 13.6 Å². The van der Waals surface area contributed by atoms with Crippen LogP contribution in [0.15, 0.2) is 10.5 Å². The Bertz CT molecular complexity index is 429. The first-order chi connectivity index (χ1) is 7.95. The molecular weight excluding hydrogens is 319 g/mol. The van der Waals surface area contributed by atoms with Crippen molar-refractivity contribution < 1.29 is 18.3 Å². The zero-order valence-electron chi connectivity index (χ0n) is 8.84. The van der Waals surface area contributed by atoms with E-state index in [0.29, 0.717) is 0 Å². The standard InChI is InChI=1S/C10H9BrClF2NO2/c1-2-17-8(16)4-6-9(11)5(10(13)14)3-7(12)15-6/h3,10H,2,4H2,1H3. The minimum atomic E-state index is -2.69. The van der Waals surface area contributed by atoms with Crippen molar-refractivity contribution in [2.24, 2.45) is 0 Å². The van der Waals surface area contributed by atoms with Crippen LogP contribution in [-0.4, -0.2) is 17.6 Å². The lowest BCUT2D eigenvalue weighted by atomic mass is 10.2. The van der Waals surface area contributed by atoms with Crippen molar-refractivity contribution >= 4 is 33.5 Å². The summed E-state index contributed by atoms with van der Waals surface area (Å²) in [5.41, 5.74) is -0.143. The summed E-state index contributed by atoms with van der Waals surface area (Å²) < 4.78 is 30.1. The minimum Gasteiger partial charge on any atom is -0.466 e. The lowest BCUT2D eigenvalue weighted by Gasteiger charge is -2.09. The van der Waals surface area contributed by atoms with Crippen LogP contribution in [0.25, 0.3) is 0 Å². The van der Waals surface area contributed by atoms with Gasteiger partial charge in [0.25, 0.3) is 6.43 Å². The molecule has 0 N–H and O–H groups in total. The lowest BCUT2D eigenvalue weighted by Crippen LogP contribution is -2.10. The number of aromatic nitrogens is 1. The van der Waals surface area contributed by atoms with Crippen LogP contribution in [0.2, 0.25) is 5.15 Å². The van der Waals surface area contributed by atoms with Gasteiger partial charge in [0, 0.05) is 10.0 Å². The summed E-state index contributed by atoms with van der Waals surface area (Å²) in [6.07, 6.45) is -2.89. The van der Waals surface area contributed by atoms with Gasteiger partial charge in [0.15, 0.2) is 0 Å². The second kappa shape index (κ2) is 6.26. The first kappa shape index (κ1) is 14.3. The van der Waals surface area contributed by atoms with Crippen LogP contribution in [-0.2, 0) is 16.0 Å². The van der Waals surface area contributed by atoms with Gasteiger partial charge in [-0.15, -0.1) is 0 Å². The van der Waals surface area contributed by atoms with Crippen LogP contribution in [0.3, 0.4) is 0 Å². The molecule has 3 nitrogen and oxygen atoms in total. The Labute approximate surface area is 110 Å². The zero-order chi connectivity index (χ0) is 13.0. The molecule has 0 aliphatic heterocycles. The van der Waals surface area contributed by atoms with Gasteiger partial charge in [-0.05, 0) is 28.9 Å². The molecule has 1 aromatic rings. The molecule has 0 atom stereocenters. The van der Waals surface area contributed by atoms with Crippen molar-refractivity contribution in [2.45, 2.75) is 19.8 Å². The molecule has 0 spiro atoms. The van der Waals surface area contributed by atoms with Gasteiger partial charge in [-0.25, -0.2) is 13.8 Å². The van der Waals surface area contributed by atoms with Crippen molar-refractivity contribution in [1.82, 2.24) is 4.98 Å². The van der Waals surface area contributed by atoms with E-state index in [1.165, 1.54) is 0 Å². The number of nitrogens with zero attached hydrogens (tertiary/aromatic N) is 1. The summed E-state index contributed by atoms with van der Waals surface area (Å²) in [4.78, 5) is 15.1. The van der Waals surface area contributed by atoms with E-state index in [0.717, 1.165) is 6.07 Å². The highest BCUT2D eigenvalue weighted by atomic mass is 79.9. The van der Waals surface area contributed by atoms with E-state index in [2.05, 4.69) is 20.9 Å². The first-order valence-corrected chi connectivity index (χ1v) is 5.91. The third-order valence-corrected chi connectivity index (χ3v) is 2.98. The number of carbonyl (C=O) groups excluding carboxylic acids is 1. The fourth-order valence-corrected chi connectivity index (χ4v) is 1.93. The van der Waals surface area contributed by atoms with E-state index < -0.39 is 12.4 Å². The van der Waals surface area contributed by atoms with Crippen LogP contribution >= 0.6 is 27.5 Å². The smallest absolute Gasteiger partial charge is 0.311 e. The topological polar surface area (TPSA) is 39.2 Å². The molecule has 0 amide bonds. The van der Waals surface area contributed by atoms with Gasteiger partial charge in [0.2, 0.25) is 0 Å². The number of hydrogen-bond acceptors (Lipinski definition) is 3. The molecule has 1 aromatic heterocycles. The summed E-state index contributed by atoms with van der Waals surface area (Å²) in [5.74, 6) is -0.539. The van der Waals surface area contributed by atoms with Crippen molar-refractivity contribution in [3.63, 3.8) is 0 Å². The summed E-state index contributed by atoms with van der Waals surface area (Å²) in [7, 11) is 0. The number of esters is 1. The zero-order valence-corrected chi connectivity index (χ0v) is 11.2. The summed E-state index contributed by atoms with van der Waals surface area (Å²) in [5, 5.41) is -0.0807. The Morgan fingerprint density at radius 3 is 2.82 bits per heavy atom. The van der Waals surface area contributed by atoms with E-state index in [-0.39, 0.29) is 33.9 Å². The number of ether oxygens (including phenoxy) is 1. The van der Waals surface area contributed by atoms with Gasteiger partial charge in [-0.3, -0.25) is 4.79 Å². The van der Waals surface area contributed by atoms with Gasteiger partial charge in [0.05, 0.1) is 18.7 Å². The predicted molar refractivity (Wildman–Crippen MR) is 62.2 cm³/mol. The molecule has 7 heteroatoms. The molecule has 0 aromatic carbocycles. The molecule has 0 aliphatic carbocycles. The van der Waals surface area contributed by atoms with E-state index in [4.69, 9.17) is 16.3 Å². The highest BCUT2D eigenvalue weighted by Crippen LogP contribution is 2.31. The molecule has 0 saturated heterocycles. The lowest BCUT2D eigenvalue weighted by molar-refractivity contribution is -0.142. The van der Waals surface area contributed by atoms with Gasteiger partial charge in [-0.1, -0.05) is 11.6 Å². The van der Waals surface area contributed by atoms with Crippen molar-refractivity contribution in [2.75, 3.05) is 6.61 Å². The Morgan fingerprint density at radius 2 is 2.29 bits per heavy atom. The highest BCUT2D eigenvalue weighted by molar-refractivity contribution is 9.10. The average Bonchev–Trinajstić information content (AvgIpc) is 2.22. The Kier molecular flexibility index (Phi) is 5.27. The van der Waals surface area contributed by atoms with Crippen LogP contribution in [0, 0.1) is 0 Å². The maximum atomic E-state index is 12.6. The molecule has 0 aliphatic rings. The molecule has 17 heavy (non-hydrogen) atoms. The second-order valence-corrected chi connectivity index (χ2v) is 4.26. The van der Waals surface area contributed by atoms with Crippen molar-refractivity contribution in [3.8, 4) is 0 Å². The van der Waals surface area contributed by atoms with Crippen LogP contribution in [0.1, 0.15) is 24.6 Å². The monoisotopic (exact) mass is 327 g/mol.